The van der Waals surface area contributed by atoms with Gasteiger partial charge in [-0.2, -0.15) is 0 Å². The fourth-order valence-corrected chi connectivity index (χ4v) is 6.93. The van der Waals surface area contributed by atoms with Gasteiger partial charge < -0.3 is 0 Å². The summed E-state index contributed by atoms with van der Waals surface area (Å²) in [4.78, 5) is 0.391. The molecule has 0 radical (unpaired) electrons. The van der Waals surface area contributed by atoms with Crippen molar-refractivity contribution in [1.82, 2.24) is 0 Å². The number of hydrogen-bond donors (Lipinski definition) is 0. The normalized spacial score (nSPS) is 11.3. The van der Waals surface area contributed by atoms with E-state index in [0.717, 1.165) is 15.6 Å². The average Bonchev–Trinajstić information content (AvgIpc) is 2.57. The molecular formula is C18H14O2SSe. The average molecular weight is 373 g/mol. The maximum absolute atomic E-state index is 12.4. The monoisotopic (exact) mass is 374 g/mol. The van der Waals surface area contributed by atoms with Gasteiger partial charge in [0.15, 0.2) is 0 Å². The molecule has 0 N–H and O–H groups in total. The minimum absolute atomic E-state index is 0.391. The summed E-state index contributed by atoms with van der Waals surface area (Å²) in [6, 6.07) is 26.4. The molecule has 3 aromatic rings. The van der Waals surface area contributed by atoms with Crippen molar-refractivity contribution in [1.29, 1.82) is 0 Å². The van der Waals surface area contributed by atoms with Crippen molar-refractivity contribution < 1.29 is 8.42 Å². The van der Waals surface area contributed by atoms with Crippen LogP contribution in [0.15, 0.2) is 89.8 Å². The van der Waals surface area contributed by atoms with Crippen LogP contribution in [0, 0.1) is 0 Å². The van der Waals surface area contributed by atoms with E-state index in [1.807, 2.05) is 60.7 Å². The van der Waals surface area contributed by atoms with Gasteiger partial charge in [0.25, 0.3) is 0 Å². The van der Waals surface area contributed by atoms with Crippen LogP contribution >= 0.6 is 0 Å². The summed E-state index contributed by atoms with van der Waals surface area (Å²) >= 11 is -0.621. The predicted molar refractivity (Wildman–Crippen MR) is 90.9 cm³/mol. The van der Waals surface area contributed by atoms with Gasteiger partial charge in [0.2, 0.25) is 0 Å². The first-order valence-electron chi connectivity index (χ1n) is 6.80. The molecular weight excluding hydrogens is 359 g/mol. The number of hydrogen-bond acceptors (Lipinski definition) is 2. The van der Waals surface area contributed by atoms with E-state index in [1.54, 1.807) is 24.3 Å². The van der Waals surface area contributed by atoms with Crippen LogP contribution in [0.4, 0.5) is 0 Å². The summed E-state index contributed by atoms with van der Waals surface area (Å²) in [5.41, 5.74) is 2.23. The molecule has 0 unspecified atom stereocenters. The Morgan fingerprint density at radius 2 is 1.09 bits per heavy atom. The SMILES string of the molecule is O=S(=O)([Se]c1ccc(-c2ccccc2)cc1)c1ccccc1. The molecule has 110 valence electrons. The summed E-state index contributed by atoms with van der Waals surface area (Å²) in [7, 11) is -3.23. The van der Waals surface area contributed by atoms with Crippen molar-refractivity contribution in [3.8, 4) is 11.1 Å². The minimum atomic E-state index is -3.23. The molecule has 22 heavy (non-hydrogen) atoms. The van der Waals surface area contributed by atoms with Gasteiger partial charge in [-0.25, -0.2) is 0 Å². The molecule has 0 aliphatic carbocycles. The standard InChI is InChI=1S/C18H14O2SSe/c19-21(20,17-9-5-2-6-10-17)22-18-13-11-16(12-14-18)15-7-3-1-4-8-15/h1-14H. The van der Waals surface area contributed by atoms with E-state index in [4.69, 9.17) is 0 Å². The zero-order chi connectivity index (χ0) is 15.4. The Kier molecular flexibility index (Phi) is 4.44. The van der Waals surface area contributed by atoms with E-state index in [0.29, 0.717) is 4.90 Å². The van der Waals surface area contributed by atoms with Gasteiger partial charge in [0.1, 0.15) is 0 Å². The first-order chi connectivity index (χ1) is 10.6. The van der Waals surface area contributed by atoms with Gasteiger partial charge in [-0.05, 0) is 0 Å². The summed E-state index contributed by atoms with van der Waals surface area (Å²) in [5, 5.41) is 0. The second-order valence-corrected chi connectivity index (χ2v) is 11.1. The van der Waals surface area contributed by atoms with Crippen LogP contribution in [0.5, 0.6) is 0 Å². The summed E-state index contributed by atoms with van der Waals surface area (Å²) in [6.07, 6.45) is 0. The molecule has 0 fully saturated rings. The molecule has 0 saturated heterocycles. The Morgan fingerprint density at radius 1 is 0.591 bits per heavy atom. The van der Waals surface area contributed by atoms with Crippen LogP contribution < -0.4 is 4.46 Å². The summed E-state index contributed by atoms with van der Waals surface area (Å²) < 4.78 is 25.6. The zero-order valence-corrected chi connectivity index (χ0v) is 14.2. The van der Waals surface area contributed by atoms with Crippen molar-refractivity contribution >= 4 is 26.6 Å². The van der Waals surface area contributed by atoms with E-state index < -0.39 is 22.1 Å². The second-order valence-electron chi connectivity index (χ2n) is 4.74. The molecule has 0 aromatic heterocycles. The zero-order valence-electron chi connectivity index (χ0n) is 11.7. The van der Waals surface area contributed by atoms with Crippen LogP contribution in [0.3, 0.4) is 0 Å². The maximum atomic E-state index is 12.4. The van der Waals surface area contributed by atoms with Gasteiger partial charge >= 0.3 is 136 Å². The second kappa shape index (κ2) is 6.49. The van der Waals surface area contributed by atoms with Gasteiger partial charge in [-0.15, -0.1) is 0 Å². The van der Waals surface area contributed by atoms with Crippen LogP contribution in [0.1, 0.15) is 0 Å². The molecule has 0 atom stereocenters. The van der Waals surface area contributed by atoms with Gasteiger partial charge in [0, 0.05) is 0 Å². The molecule has 0 spiro atoms. The van der Waals surface area contributed by atoms with E-state index in [-0.39, 0.29) is 0 Å². The van der Waals surface area contributed by atoms with E-state index >= 15 is 0 Å². The Morgan fingerprint density at radius 3 is 1.68 bits per heavy atom. The van der Waals surface area contributed by atoms with Crippen LogP contribution in [0.25, 0.3) is 11.1 Å². The molecule has 0 saturated carbocycles. The molecule has 2 nitrogen and oxygen atoms in total. The third-order valence-corrected chi connectivity index (χ3v) is 8.84. The van der Waals surface area contributed by atoms with Gasteiger partial charge in [0.05, 0.1) is 0 Å². The third kappa shape index (κ3) is 3.47. The fraction of sp³-hybridized carbons (Fsp3) is 0. The Balaban J connectivity index is 1.83. The van der Waals surface area contributed by atoms with Gasteiger partial charge in [-0.1, -0.05) is 0 Å². The number of rotatable bonds is 4. The molecule has 3 aromatic carbocycles. The van der Waals surface area contributed by atoms with Crippen molar-refractivity contribution in [2.75, 3.05) is 0 Å². The summed E-state index contributed by atoms with van der Waals surface area (Å²) in [5.74, 6) is 0. The van der Waals surface area contributed by atoms with Gasteiger partial charge in [-0.3, -0.25) is 0 Å². The third-order valence-electron chi connectivity index (χ3n) is 3.20. The first-order valence-corrected chi connectivity index (χ1v) is 11.2. The topological polar surface area (TPSA) is 34.1 Å². The van der Waals surface area contributed by atoms with Crippen molar-refractivity contribution in [3.05, 3.63) is 84.9 Å². The quantitative estimate of drug-likeness (QED) is 0.659. The predicted octanol–water partition coefficient (Wildman–Crippen LogP) is 3.07. The Hall–Kier alpha value is -1.87. The van der Waals surface area contributed by atoms with Crippen LogP contribution in [-0.2, 0) is 8.26 Å². The van der Waals surface area contributed by atoms with Crippen molar-refractivity contribution in [2.45, 2.75) is 4.90 Å². The molecule has 0 bridgehead atoms. The molecule has 4 heteroatoms. The van der Waals surface area contributed by atoms with Crippen LogP contribution in [0.2, 0.25) is 0 Å². The molecule has 0 heterocycles. The first kappa shape index (κ1) is 15.0. The van der Waals surface area contributed by atoms with E-state index in [2.05, 4.69) is 0 Å². The molecule has 0 amide bonds. The Bertz CT molecular complexity index is 843. The molecule has 3 rings (SSSR count). The molecule has 0 aliphatic heterocycles. The van der Waals surface area contributed by atoms with Crippen molar-refractivity contribution in [3.63, 3.8) is 0 Å². The van der Waals surface area contributed by atoms with E-state index in [9.17, 15) is 8.42 Å². The van der Waals surface area contributed by atoms with E-state index in [1.165, 1.54) is 0 Å². The summed E-state index contributed by atoms with van der Waals surface area (Å²) in [6.45, 7) is 0. The van der Waals surface area contributed by atoms with Crippen LogP contribution in [-0.4, -0.2) is 22.3 Å². The molecule has 0 aliphatic rings. The Labute approximate surface area is 136 Å². The number of benzene rings is 3. The fourth-order valence-electron chi connectivity index (χ4n) is 2.10. The van der Waals surface area contributed by atoms with Crippen molar-refractivity contribution in [2.24, 2.45) is 0 Å².